The lowest BCUT2D eigenvalue weighted by Crippen LogP contribution is -2.69. The Balaban J connectivity index is 1.85. The van der Waals surface area contributed by atoms with Crippen molar-refractivity contribution in [2.75, 3.05) is 0 Å². The molecule has 0 saturated heterocycles. The average Bonchev–Trinajstić information content (AvgIpc) is 2.79. The summed E-state index contributed by atoms with van der Waals surface area (Å²) in [6.07, 6.45) is 4.22. The number of carboxylic acid groups (broad SMARTS) is 1. The Morgan fingerprint density at radius 1 is 1.30 bits per heavy atom. The summed E-state index contributed by atoms with van der Waals surface area (Å²) >= 11 is 0. The van der Waals surface area contributed by atoms with Crippen molar-refractivity contribution in [3.63, 3.8) is 0 Å². The summed E-state index contributed by atoms with van der Waals surface area (Å²) in [6, 6.07) is 0. The predicted octanol–water partition coefficient (Wildman–Crippen LogP) is 2.42. The van der Waals surface area contributed by atoms with E-state index in [1.807, 2.05) is 0 Å². The number of allylic oxidation sites excluding steroid dienone is 4. The van der Waals surface area contributed by atoms with E-state index >= 15 is 4.39 Å². The molecule has 4 aliphatic carbocycles. The van der Waals surface area contributed by atoms with E-state index in [1.165, 1.54) is 12.2 Å². The molecule has 0 aromatic rings. The Kier molecular flexibility index (Phi) is 3.69. The van der Waals surface area contributed by atoms with E-state index in [2.05, 4.69) is 0 Å². The third-order valence-corrected chi connectivity index (χ3v) is 8.55. The second-order valence-electron chi connectivity index (χ2n) is 9.47. The summed E-state index contributed by atoms with van der Waals surface area (Å²) in [7, 11) is 0. The zero-order chi connectivity index (χ0) is 20.0. The van der Waals surface area contributed by atoms with E-state index in [-0.39, 0.29) is 18.1 Å². The summed E-state index contributed by atoms with van der Waals surface area (Å²) in [4.78, 5) is 23.8. The number of alkyl halides is 1. The van der Waals surface area contributed by atoms with E-state index in [0.717, 1.165) is 0 Å². The van der Waals surface area contributed by atoms with Crippen LogP contribution in [0.5, 0.6) is 0 Å². The van der Waals surface area contributed by atoms with Gasteiger partial charge >= 0.3 is 5.97 Å². The minimum absolute atomic E-state index is 0.123. The standard InChI is InChI=1S/C21H27FO5/c1-11-8-15-14-5-4-12-9-13(23)6-7-18(12,2)20(14,22)16(24)10-19(15,3)21(11,27)17(25)26/h6-7,9,11,14-16,24,27H,4-5,8,10H2,1-3H3,(H,25,26)/t11?,14-,15-,16-,18-,19-,20-,21-/m0/s1. The van der Waals surface area contributed by atoms with Gasteiger partial charge in [0.2, 0.25) is 0 Å². The lowest BCUT2D eigenvalue weighted by Gasteiger charge is -2.62. The van der Waals surface area contributed by atoms with Gasteiger partial charge in [0.05, 0.1) is 6.10 Å². The number of rotatable bonds is 1. The van der Waals surface area contributed by atoms with Gasteiger partial charge in [-0.2, -0.15) is 0 Å². The number of carbonyl (C=O) groups is 2. The monoisotopic (exact) mass is 378 g/mol. The molecule has 0 spiro atoms. The number of aliphatic carboxylic acids is 1. The number of hydrogen-bond acceptors (Lipinski definition) is 4. The summed E-state index contributed by atoms with van der Waals surface area (Å²) in [5, 5.41) is 31.9. The zero-order valence-corrected chi connectivity index (χ0v) is 15.9. The number of hydrogen-bond donors (Lipinski definition) is 3. The first kappa shape index (κ1) is 18.8. The minimum Gasteiger partial charge on any atom is -0.479 e. The molecule has 3 saturated carbocycles. The lowest BCUT2D eigenvalue weighted by molar-refractivity contribution is -0.225. The summed E-state index contributed by atoms with van der Waals surface area (Å²) in [5.41, 5.74) is -5.51. The highest BCUT2D eigenvalue weighted by Crippen LogP contribution is 2.70. The van der Waals surface area contributed by atoms with E-state index in [0.29, 0.717) is 24.8 Å². The topological polar surface area (TPSA) is 94.8 Å². The van der Waals surface area contributed by atoms with Gasteiger partial charge in [0, 0.05) is 16.7 Å². The molecular weight excluding hydrogens is 351 g/mol. The van der Waals surface area contributed by atoms with Crippen molar-refractivity contribution in [2.45, 2.75) is 63.8 Å². The van der Waals surface area contributed by atoms with Crippen LogP contribution in [0.3, 0.4) is 0 Å². The molecule has 27 heavy (non-hydrogen) atoms. The van der Waals surface area contributed by atoms with E-state index in [4.69, 9.17) is 0 Å². The van der Waals surface area contributed by atoms with Crippen LogP contribution in [0.2, 0.25) is 0 Å². The molecule has 1 unspecified atom stereocenters. The molecule has 4 rings (SSSR count). The van der Waals surface area contributed by atoms with Crippen molar-refractivity contribution in [3.05, 3.63) is 23.8 Å². The van der Waals surface area contributed by atoms with Crippen LogP contribution in [0.1, 0.15) is 46.5 Å². The maximum Gasteiger partial charge on any atom is 0.336 e. The molecule has 6 heteroatoms. The van der Waals surface area contributed by atoms with Gasteiger partial charge in [-0.15, -0.1) is 0 Å². The highest BCUT2D eigenvalue weighted by Gasteiger charge is 2.76. The number of halogens is 1. The number of carboxylic acids is 1. The van der Waals surface area contributed by atoms with Crippen LogP contribution in [-0.4, -0.2) is 44.4 Å². The van der Waals surface area contributed by atoms with Crippen LogP contribution >= 0.6 is 0 Å². The van der Waals surface area contributed by atoms with Crippen molar-refractivity contribution in [1.82, 2.24) is 0 Å². The van der Waals surface area contributed by atoms with Crippen LogP contribution in [0.15, 0.2) is 23.8 Å². The van der Waals surface area contributed by atoms with Gasteiger partial charge in [0.25, 0.3) is 0 Å². The molecule has 5 nitrogen and oxygen atoms in total. The van der Waals surface area contributed by atoms with Crippen LogP contribution in [0.25, 0.3) is 0 Å². The molecule has 0 amide bonds. The molecule has 0 bridgehead atoms. The summed E-state index contributed by atoms with van der Waals surface area (Å²) in [5.74, 6) is -2.94. The molecule has 3 fully saturated rings. The van der Waals surface area contributed by atoms with Gasteiger partial charge in [0.1, 0.15) is 0 Å². The highest BCUT2D eigenvalue weighted by molar-refractivity contribution is 6.01. The maximum absolute atomic E-state index is 16.8. The Labute approximate surface area is 158 Å². The fraction of sp³-hybridized carbons (Fsp3) is 0.714. The van der Waals surface area contributed by atoms with Crippen molar-refractivity contribution in [2.24, 2.45) is 28.6 Å². The van der Waals surface area contributed by atoms with Crippen molar-refractivity contribution in [3.8, 4) is 0 Å². The first-order chi connectivity index (χ1) is 12.4. The van der Waals surface area contributed by atoms with Crippen molar-refractivity contribution < 1.29 is 29.3 Å². The molecule has 0 aromatic heterocycles. The Morgan fingerprint density at radius 3 is 2.59 bits per heavy atom. The first-order valence-electron chi connectivity index (χ1n) is 9.70. The second-order valence-corrected chi connectivity index (χ2v) is 9.47. The van der Waals surface area contributed by atoms with E-state index in [9.17, 15) is 24.9 Å². The van der Waals surface area contributed by atoms with Crippen LogP contribution in [-0.2, 0) is 9.59 Å². The van der Waals surface area contributed by atoms with Crippen LogP contribution in [0.4, 0.5) is 4.39 Å². The zero-order valence-electron chi connectivity index (χ0n) is 15.9. The molecular formula is C21H27FO5. The highest BCUT2D eigenvalue weighted by atomic mass is 19.1. The number of aliphatic hydroxyl groups is 2. The van der Waals surface area contributed by atoms with Gasteiger partial charge < -0.3 is 15.3 Å². The van der Waals surface area contributed by atoms with Gasteiger partial charge in [-0.05, 0) is 56.6 Å². The molecule has 0 radical (unpaired) electrons. The van der Waals surface area contributed by atoms with E-state index in [1.54, 1.807) is 26.8 Å². The Hall–Kier alpha value is -1.53. The fourth-order valence-electron chi connectivity index (χ4n) is 7.00. The fourth-order valence-corrected chi connectivity index (χ4v) is 7.00. The maximum atomic E-state index is 16.8. The molecule has 148 valence electrons. The SMILES string of the molecule is CC1C[C@H]2[C@@H]3CCC4=CC(=O)C=C[C@]4(C)[C@@]3(F)[C@@H](O)C[C@]2(C)[C@@]1(O)C(=O)O. The molecule has 0 aromatic carbocycles. The summed E-state index contributed by atoms with van der Waals surface area (Å²) < 4.78 is 16.8. The number of fused-ring (bicyclic) bond motifs is 5. The van der Waals surface area contributed by atoms with Gasteiger partial charge in [-0.3, -0.25) is 4.79 Å². The van der Waals surface area contributed by atoms with Crippen molar-refractivity contribution in [1.29, 1.82) is 0 Å². The third kappa shape index (κ3) is 1.91. The molecule has 0 aliphatic heterocycles. The average molecular weight is 378 g/mol. The quantitative estimate of drug-likeness (QED) is 0.651. The van der Waals surface area contributed by atoms with Crippen LogP contribution in [0, 0.1) is 28.6 Å². The number of ketones is 1. The van der Waals surface area contributed by atoms with Crippen LogP contribution < -0.4 is 0 Å². The second kappa shape index (κ2) is 5.29. The van der Waals surface area contributed by atoms with Gasteiger partial charge in [-0.1, -0.05) is 25.5 Å². The largest absolute Gasteiger partial charge is 0.479 e. The number of carbonyl (C=O) groups excluding carboxylic acids is 1. The normalized spacial score (nSPS) is 54.0. The van der Waals surface area contributed by atoms with Crippen molar-refractivity contribution >= 4 is 11.8 Å². The Bertz CT molecular complexity index is 789. The smallest absolute Gasteiger partial charge is 0.336 e. The predicted molar refractivity (Wildman–Crippen MR) is 95.5 cm³/mol. The number of aliphatic hydroxyl groups excluding tert-OH is 1. The Morgan fingerprint density at radius 2 is 1.96 bits per heavy atom. The molecule has 0 heterocycles. The molecule has 8 atom stereocenters. The minimum atomic E-state index is -2.00. The summed E-state index contributed by atoms with van der Waals surface area (Å²) in [6.45, 7) is 5.10. The lowest BCUT2D eigenvalue weighted by atomic mass is 9.45. The van der Waals surface area contributed by atoms with Gasteiger partial charge in [-0.25, -0.2) is 9.18 Å². The van der Waals surface area contributed by atoms with Gasteiger partial charge in [0.15, 0.2) is 17.1 Å². The third-order valence-electron chi connectivity index (χ3n) is 8.55. The molecule has 3 N–H and O–H groups in total. The van der Waals surface area contributed by atoms with E-state index < -0.39 is 46.0 Å². The molecule has 4 aliphatic rings. The first-order valence-corrected chi connectivity index (χ1v) is 9.70.